The van der Waals surface area contributed by atoms with Crippen LogP contribution in [0.5, 0.6) is 11.6 Å². The van der Waals surface area contributed by atoms with Gasteiger partial charge in [0.1, 0.15) is 5.75 Å². The summed E-state index contributed by atoms with van der Waals surface area (Å²) in [6.45, 7) is 2.38. The van der Waals surface area contributed by atoms with Crippen molar-refractivity contribution in [2.24, 2.45) is 4.99 Å². The molecule has 1 aromatic heterocycles. The Kier molecular flexibility index (Phi) is 6.78. The van der Waals surface area contributed by atoms with Gasteiger partial charge in [0.25, 0.3) is 5.91 Å². The van der Waals surface area contributed by atoms with Crippen LogP contribution in [0.1, 0.15) is 5.56 Å². The zero-order valence-electron chi connectivity index (χ0n) is 14.9. The Morgan fingerprint density at radius 1 is 1.33 bits per heavy atom. The van der Waals surface area contributed by atoms with Crippen molar-refractivity contribution in [3.05, 3.63) is 46.6 Å². The van der Waals surface area contributed by atoms with E-state index in [1.807, 2.05) is 24.3 Å². The first-order valence-corrected chi connectivity index (χ1v) is 9.27. The molecule has 0 atom stereocenters. The Bertz CT molecular complexity index is 805. The van der Waals surface area contributed by atoms with Gasteiger partial charge in [0.05, 0.1) is 36.7 Å². The van der Waals surface area contributed by atoms with Gasteiger partial charge < -0.3 is 19.1 Å². The highest BCUT2D eigenvalue weighted by Gasteiger charge is 2.17. The molecule has 2 heterocycles. The standard InChI is InChI=1S/C19H20BrN3O4/c1-25-18-5-3-15(12-22-18)21-11-14-2-4-17(16(20)10-14)27-13-19(24)23-6-8-26-9-7-23/h2-5,10-12H,6-9,13H2,1H3. The number of amides is 1. The van der Waals surface area contributed by atoms with Crippen LogP contribution in [-0.2, 0) is 9.53 Å². The van der Waals surface area contributed by atoms with E-state index in [0.717, 1.165) is 15.7 Å². The summed E-state index contributed by atoms with van der Waals surface area (Å²) in [5.74, 6) is 1.12. The number of hydrogen-bond donors (Lipinski definition) is 0. The molecule has 0 aliphatic carbocycles. The number of pyridine rings is 1. The highest BCUT2D eigenvalue weighted by molar-refractivity contribution is 9.10. The predicted molar refractivity (Wildman–Crippen MR) is 105 cm³/mol. The molecule has 2 aromatic rings. The largest absolute Gasteiger partial charge is 0.483 e. The number of morpholine rings is 1. The summed E-state index contributed by atoms with van der Waals surface area (Å²) in [4.78, 5) is 22.4. The van der Waals surface area contributed by atoms with E-state index in [1.54, 1.807) is 30.5 Å². The molecule has 1 aliphatic heterocycles. The average molecular weight is 434 g/mol. The van der Waals surface area contributed by atoms with Gasteiger partial charge in [-0.1, -0.05) is 0 Å². The molecule has 27 heavy (non-hydrogen) atoms. The van der Waals surface area contributed by atoms with Crippen molar-refractivity contribution >= 4 is 33.7 Å². The topological polar surface area (TPSA) is 73.2 Å². The maximum atomic E-state index is 12.1. The van der Waals surface area contributed by atoms with Crippen molar-refractivity contribution in [3.63, 3.8) is 0 Å². The van der Waals surface area contributed by atoms with Gasteiger partial charge in [0, 0.05) is 25.4 Å². The third-order valence-corrected chi connectivity index (χ3v) is 4.58. The third-order valence-electron chi connectivity index (χ3n) is 3.96. The van der Waals surface area contributed by atoms with Crippen molar-refractivity contribution in [2.45, 2.75) is 0 Å². The van der Waals surface area contributed by atoms with E-state index in [1.165, 1.54) is 0 Å². The molecular weight excluding hydrogens is 414 g/mol. The van der Waals surface area contributed by atoms with Gasteiger partial charge in [-0.05, 0) is 45.8 Å². The fourth-order valence-electron chi connectivity index (χ4n) is 2.48. The zero-order valence-corrected chi connectivity index (χ0v) is 16.5. The molecule has 0 N–H and O–H groups in total. The Morgan fingerprint density at radius 2 is 2.15 bits per heavy atom. The van der Waals surface area contributed by atoms with E-state index >= 15 is 0 Å². The lowest BCUT2D eigenvalue weighted by molar-refractivity contribution is -0.137. The van der Waals surface area contributed by atoms with Crippen LogP contribution in [0.2, 0.25) is 0 Å². The first-order valence-electron chi connectivity index (χ1n) is 8.47. The highest BCUT2D eigenvalue weighted by Crippen LogP contribution is 2.26. The van der Waals surface area contributed by atoms with Crippen LogP contribution in [0, 0.1) is 0 Å². The maximum absolute atomic E-state index is 12.1. The number of carbonyl (C=O) groups excluding carboxylic acids is 1. The van der Waals surface area contributed by atoms with Crippen molar-refractivity contribution in [1.82, 2.24) is 9.88 Å². The highest BCUT2D eigenvalue weighted by atomic mass is 79.9. The summed E-state index contributed by atoms with van der Waals surface area (Å²) in [6.07, 6.45) is 3.37. The fraction of sp³-hybridized carbons (Fsp3) is 0.316. The minimum atomic E-state index is -0.0390. The number of nitrogens with zero attached hydrogens (tertiary/aromatic N) is 3. The van der Waals surface area contributed by atoms with Crippen LogP contribution < -0.4 is 9.47 Å². The molecule has 0 bridgehead atoms. The number of halogens is 1. The van der Waals surface area contributed by atoms with Crippen molar-refractivity contribution < 1.29 is 19.0 Å². The molecule has 0 saturated carbocycles. The lowest BCUT2D eigenvalue weighted by Gasteiger charge is -2.26. The summed E-state index contributed by atoms with van der Waals surface area (Å²) in [6, 6.07) is 9.15. The van der Waals surface area contributed by atoms with Crippen molar-refractivity contribution in [3.8, 4) is 11.6 Å². The molecule has 142 valence electrons. The molecule has 1 aliphatic rings. The molecule has 0 spiro atoms. The van der Waals surface area contributed by atoms with Crippen LogP contribution in [0.3, 0.4) is 0 Å². The van der Waals surface area contributed by atoms with Crippen LogP contribution in [0.25, 0.3) is 0 Å². The summed E-state index contributed by atoms with van der Waals surface area (Å²) < 4.78 is 16.7. The second-order valence-corrected chi connectivity index (χ2v) is 6.64. The van der Waals surface area contributed by atoms with E-state index in [9.17, 15) is 4.79 Å². The van der Waals surface area contributed by atoms with Gasteiger partial charge in [-0.15, -0.1) is 0 Å². The molecule has 1 aromatic carbocycles. The van der Waals surface area contributed by atoms with E-state index in [2.05, 4.69) is 25.9 Å². The molecule has 0 unspecified atom stereocenters. The smallest absolute Gasteiger partial charge is 0.260 e. The first kappa shape index (κ1) is 19.3. The molecule has 1 fully saturated rings. The van der Waals surface area contributed by atoms with Gasteiger partial charge in [0.15, 0.2) is 6.61 Å². The van der Waals surface area contributed by atoms with Gasteiger partial charge in [0.2, 0.25) is 5.88 Å². The average Bonchev–Trinajstić information content (AvgIpc) is 2.72. The van der Waals surface area contributed by atoms with Gasteiger partial charge >= 0.3 is 0 Å². The van der Waals surface area contributed by atoms with Crippen molar-refractivity contribution in [2.75, 3.05) is 40.0 Å². The normalized spacial score (nSPS) is 14.4. The number of ether oxygens (including phenoxy) is 3. The molecule has 8 heteroatoms. The lowest BCUT2D eigenvalue weighted by Crippen LogP contribution is -2.43. The number of benzene rings is 1. The molecule has 1 amide bonds. The van der Waals surface area contributed by atoms with Gasteiger partial charge in [-0.3, -0.25) is 9.79 Å². The molecular formula is C19H20BrN3O4. The second kappa shape index (κ2) is 9.48. The van der Waals surface area contributed by atoms with Crippen LogP contribution >= 0.6 is 15.9 Å². The summed E-state index contributed by atoms with van der Waals surface area (Å²) in [7, 11) is 1.57. The molecule has 3 rings (SSSR count). The molecule has 0 radical (unpaired) electrons. The SMILES string of the molecule is COc1ccc(N=Cc2ccc(OCC(=O)N3CCOCC3)c(Br)c2)cn1. The zero-order chi connectivity index (χ0) is 19.1. The van der Waals surface area contributed by atoms with Gasteiger partial charge in [-0.25, -0.2) is 4.98 Å². The van der Waals surface area contributed by atoms with Crippen LogP contribution in [0.4, 0.5) is 5.69 Å². The Balaban J connectivity index is 1.57. The number of aliphatic imine (C=N–C) groups is 1. The predicted octanol–water partition coefficient (Wildman–Crippen LogP) is 2.84. The van der Waals surface area contributed by atoms with Crippen LogP contribution in [-0.4, -0.2) is 62.0 Å². The van der Waals surface area contributed by atoms with Crippen molar-refractivity contribution in [1.29, 1.82) is 0 Å². The van der Waals surface area contributed by atoms with Crippen LogP contribution in [0.15, 0.2) is 46.0 Å². The third kappa shape index (κ3) is 5.51. The summed E-state index contributed by atoms with van der Waals surface area (Å²) >= 11 is 3.48. The van der Waals surface area contributed by atoms with E-state index in [4.69, 9.17) is 14.2 Å². The summed E-state index contributed by atoms with van der Waals surface area (Å²) in [5, 5.41) is 0. The maximum Gasteiger partial charge on any atom is 0.260 e. The minimum absolute atomic E-state index is 0.00353. The lowest BCUT2D eigenvalue weighted by atomic mass is 10.2. The number of carbonyl (C=O) groups is 1. The Morgan fingerprint density at radius 3 is 2.81 bits per heavy atom. The van der Waals surface area contributed by atoms with Gasteiger partial charge in [-0.2, -0.15) is 0 Å². The van der Waals surface area contributed by atoms with E-state index < -0.39 is 0 Å². The van der Waals surface area contributed by atoms with E-state index in [0.29, 0.717) is 37.9 Å². The molecule has 7 nitrogen and oxygen atoms in total. The second-order valence-electron chi connectivity index (χ2n) is 5.79. The minimum Gasteiger partial charge on any atom is -0.483 e. The Hall–Kier alpha value is -2.45. The number of aromatic nitrogens is 1. The first-order chi connectivity index (χ1) is 13.2. The summed E-state index contributed by atoms with van der Waals surface area (Å²) in [5.41, 5.74) is 1.62. The molecule has 1 saturated heterocycles. The number of hydrogen-bond acceptors (Lipinski definition) is 6. The Labute approximate surface area is 166 Å². The van der Waals surface area contributed by atoms with E-state index in [-0.39, 0.29) is 12.5 Å². The number of rotatable bonds is 6. The monoisotopic (exact) mass is 433 g/mol. The quantitative estimate of drug-likeness (QED) is 0.654. The fourth-order valence-corrected chi connectivity index (χ4v) is 2.99. The number of methoxy groups -OCH3 is 1.